The van der Waals surface area contributed by atoms with Gasteiger partial charge in [-0.2, -0.15) is 0 Å². The van der Waals surface area contributed by atoms with E-state index < -0.39 is 0 Å². The number of phenols is 1. The summed E-state index contributed by atoms with van der Waals surface area (Å²) in [6, 6.07) is 5.65. The first-order valence-corrected chi connectivity index (χ1v) is 4.35. The van der Waals surface area contributed by atoms with Gasteiger partial charge in [0.05, 0.1) is 0 Å². The minimum absolute atomic E-state index is 0. The van der Waals surface area contributed by atoms with Crippen molar-refractivity contribution in [2.45, 2.75) is 25.3 Å². The monoisotopic (exact) mass is 199 g/mol. The third-order valence-electron chi connectivity index (χ3n) is 2.49. The van der Waals surface area contributed by atoms with Gasteiger partial charge in [-0.05, 0) is 42.5 Å². The van der Waals surface area contributed by atoms with Gasteiger partial charge in [-0.25, -0.2) is 0 Å². The van der Waals surface area contributed by atoms with Crippen molar-refractivity contribution in [2.24, 2.45) is 5.73 Å². The van der Waals surface area contributed by atoms with Crippen LogP contribution < -0.4 is 5.73 Å². The zero-order valence-electron chi connectivity index (χ0n) is 7.36. The van der Waals surface area contributed by atoms with E-state index in [0.29, 0.717) is 5.75 Å². The molecular weight excluding hydrogens is 186 g/mol. The predicted molar refractivity (Wildman–Crippen MR) is 55.2 cm³/mol. The van der Waals surface area contributed by atoms with E-state index in [1.165, 1.54) is 11.1 Å². The van der Waals surface area contributed by atoms with E-state index in [-0.39, 0.29) is 18.4 Å². The lowest BCUT2D eigenvalue weighted by molar-refractivity contribution is 0.471. The van der Waals surface area contributed by atoms with Crippen LogP contribution in [-0.2, 0) is 6.42 Å². The van der Waals surface area contributed by atoms with Gasteiger partial charge in [-0.15, -0.1) is 12.4 Å². The molecule has 2 nitrogen and oxygen atoms in total. The smallest absolute Gasteiger partial charge is 0.115 e. The highest BCUT2D eigenvalue weighted by atomic mass is 35.5. The first kappa shape index (κ1) is 10.4. The van der Waals surface area contributed by atoms with Gasteiger partial charge in [-0.1, -0.05) is 6.07 Å². The van der Waals surface area contributed by atoms with Crippen LogP contribution >= 0.6 is 12.4 Å². The molecule has 72 valence electrons. The normalized spacial score (nSPS) is 20.2. The van der Waals surface area contributed by atoms with Crippen molar-refractivity contribution in [1.82, 2.24) is 0 Å². The van der Waals surface area contributed by atoms with Crippen molar-refractivity contribution in [3.63, 3.8) is 0 Å². The van der Waals surface area contributed by atoms with Gasteiger partial charge in [0.2, 0.25) is 0 Å². The lowest BCUT2D eigenvalue weighted by atomic mass is 9.88. The Morgan fingerprint density at radius 2 is 2.15 bits per heavy atom. The fourth-order valence-corrected chi connectivity index (χ4v) is 1.84. The Bertz CT molecular complexity index is 301. The van der Waals surface area contributed by atoms with Gasteiger partial charge in [0.15, 0.2) is 0 Å². The van der Waals surface area contributed by atoms with E-state index in [2.05, 4.69) is 0 Å². The molecule has 2 rings (SSSR count). The Kier molecular flexibility index (Phi) is 3.17. The lowest BCUT2D eigenvalue weighted by Crippen LogP contribution is -2.16. The van der Waals surface area contributed by atoms with E-state index in [0.717, 1.165) is 19.3 Å². The molecule has 3 N–H and O–H groups in total. The summed E-state index contributed by atoms with van der Waals surface area (Å²) in [6.07, 6.45) is 3.26. The highest BCUT2D eigenvalue weighted by Crippen LogP contribution is 2.29. The Morgan fingerprint density at radius 3 is 2.92 bits per heavy atom. The molecule has 0 radical (unpaired) electrons. The summed E-state index contributed by atoms with van der Waals surface area (Å²) >= 11 is 0. The van der Waals surface area contributed by atoms with Crippen LogP contribution in [0.25, 0.3) is 0 Å². The number of aryl methyl sites for hydroxylation is 1. The molecule has 1 aliphatic rings. The Labute approximate surface area is 84.2 Å². The average molecular weight is 200 g/mol. The first-order valence-electron chi connectivity index (χ1n) is 4.35. The Balaban J connectivity index is 0.000000845. The van der Waals surface area contributed by atoms with Crippen molar-refractivity contribution in [2.75, 3.05) is 0 Å². The van der Waals surface area contributed by atoms with Crippen LogP contribution in [0, 0.1) is 0 Å². The van der Waals surface area contributed by atoms with Gasteiger partial charge in [0.1, 0.15) is 5.75 Å². The maximum absolute atomic E-state index is 9.23. The summed E-state index contributed by atoms with van der Waals surface area (Å²) in [4.78, 5) is 0. The number of fused-ring (bicyclic) bond motifs is 1. The van der Waals surface area contributed by atoms with Gasteiger partial charge in [0, 0.05) is 6.04 Å². The Morgan fingerprint density at radius 1 is 1.38 bits per heavy atom. The second-order valence-electron chi connectivity index (χ2n) is 3.38. The van der Waals surface area contributed by atoms with Gasteiger partial charge >= 0.3 is 0 Å². The average Bonchev–Trinajstić information content (AvgIpc) is 2.04. The molecule has 1 aromatic rings. The van der Waals surface area contributed by atoms with E-state index in [1.54, 1.807) is 6.07 Å². The number of hydrogen-bond donors (Lipinski definition) is 2. The summed E-state index contributed by atoms with van der Waals surface area (Å²) in [6.45, 7) is 0. The number of benzene rings is 1. The third-order valence-corrected chi connectivity index (χ3v) is 2.49. The molecule has 0 unspecified atom stereocenters. The van der Waals surface area contributed by atoms with Crippen LogP contribution in [-0.4, -0.2) is 5.11 Å². The molecule has 1 aromatic carbocycles. The zero-order chi connectivity index (χ0) is 8.55. The second-order valence-corrected chi connectivity index (χ2v) is 3.38. The number of halogens is 1. The lowest BCUT2D eigenvalue weighted by Gasteiger charge is -2.21. The third kappa shape index (κ3) is 1.95. The Hall–Kier alpha value is -0.730. The molecule has 0 spiro atoms. The van der Waals surface area contributed by atoms with Crippen molar-refractivity contribution in [3.8, 4) is 5.75 Å². The van der Waals surface area contributed by atoms with E-state index in [4.69, 9.17) is 5.73 Å². The number of phenolic OH excluding ortho intramolecular Hbond substituents is 1. The molecule has 0 aromatic heterocycles. The van der Waals surface area contributed by atoms with Crippen LogP contribution in [0.2, 0.25) is 0 Å². The molecular formula is C10H14ClNO. The van der Waals surface area contributed by atoms with Crippen LogP contribution in [0.3, 0.4) is 0 Å². The summed E-state index contributed by atoms with van der Waals surface area (Å²) in [5, 5.41) is 9.23. The molecule has 0 bridgehead atoms. The molecule has 1 aliphatic carbocycles. The summed E-state index contributed by atoms with van der Waals surface area (Å²) in [5.74, 6) is 0.350. The van der Waals surface area contributed by atoms with E-state index >= 15 is 0 Å². The van der Waals surface area contributed by atoms with Crippen LogP contribution in [0.5, 0.6) is 5.75 Å². The van der Waals surface area contributed by atoms with Crippen molar-refractivity contribution < 1.29 is 5.11 Å². The molecule has 1 atom stereocenters. The number of rotatable bonds is 0. The zero-order valence-corrected chi connectivity index (χ0v) is 8.18. The molecule has 0 saturated heterocycles. The van der Waals surface area contributed by atoms with Crippen LogP contribution in [0.4, 0.5) is 0 Å². The maximum Gasteiger partial charge on any atom is 0.115 e. The minimum Gasteiger partial charge on any atom is -0.508 e. The predicted octanol–water partition coefficient (Wildman–Crippen LogP) is 2.15. The highest BCUT2D eigenvalue weighted by molar-refractivity contribution is 5.85. The number of hydrogen-bond acceptors (Lipinski definition) is 2. The first-order chi connectivity index (χ1) is 5.77. The summed E-state index contributed by atoms with van der Waals surface area (Å²) < 4.78 is 0. The van der Waals surface area contributed by atoms with Crippen molar-refractivity contribution in [3.05, 3.63) is 29.3 Å². The van der Waals surface area contributed by atoms with Gasteiger partial charge in [0.25, 0.3) is 0 Å². The summed E-state index contributed by atoms with van der Waals surface area (Å²) in [7, 11) is 0. The largest absolute Gasteiger partial charge is 0.508 e. The summed E-state index contributed by atoms with van der Waals surface area (Å²) in [5.41, 5.74) is 8.34. The molecule has 3 heteroatoms. The molecule has 0 fully saturated rings. The molecule has 13 heavy (non-hydrogen) atoms. The number of aromatic hydroxyl groups is 1. The SMILES string of the molecule is Cl.N[C@H]1CCCc2cc(O)ccc21. The topological polar surface area (TPSA) is 46.2 Å². The van der Waals surface area contributed by atoms with Crippen LogP contribution in [0.15, 0.2) is 18.2 Å². The quantitative estimate of drug-likeness (QED) is 0.673. The maximum atomic E-state index is 9.23. The standard InChI is InChI=1S/C10H13NO.ClH/c11-10-3-1-2-7-6-8(12)4-5-9(7)10;/h4-6,10,12H,1-3,11H2;1H/t10-;/m0./s1. The molecule has 0 amide bonds. The van der Waals surface area contributed by atoms with E-state index in [1.807, 2.05) is 12.1 Å². The molecule has 0 aliphatic heterocycles. The fraction of sp³-hybridized carbons (Fsp3) is 0.400. The number of nitrogens with two attached hydrogens (primary N) is 1. The van der Waals surface area contributed by atoms with Crippen LogP contribution in [0.1, 0.15) is 30.0 Å². The molecule has 0 saturated carbocycles. The second kappa shape index (κ2) is 3.99. The minimum atomic E-state index is 0. The molecule has 0 heterocycles. The van der Waals surface area contributed by atoms with Gasteiger partial charge in [-0.3, -0.25) is 0 Å². The highest BCUT2D eigenvalue weighted by Gasteiger charge is 2.16. The fourth-order valence-electron chi connectivity index (χ4n) is 1.84. The van der Waals surface area contributed by atoms with Gasteiger partial charge < -0.3 is 10.8 Å². The van der Waals surface area contributed by atoms with Crippen molar-refractivity contribution >= 4 is 12.4 Å². The van der Waals surface area contributed by atoms with E-state index in [9.17, 15) is 5.11 Å². The van der Waals surface area contributed by atoms with Crippen molar-refractivity contribution in [1.29, 1.82) is 0 Å².